The van der Waals surface area contributed by atoms with Gasteiger partial charge in [-0.25, -0.2) is 0 Å². The van der Waals surface area contributed by atoms with Gasteiger partial charge >= 0.3 is 0 Å². The summed E-state index contributed by atoms with van der Waals surface area (Å²) in [6.07, 6.45) is 3.28. The number of hydrogen-bond donors (Lipinski definition) is 1. The maximum absolute atomic E-state index is 5.91. The molecule has 8 heteroatoms. The molecule has 0 atom stereocenters. The normalized spacial score (nSPS) is 17.0. The first-order valence-electron chi connectivity index (χ1n) is 9.33. The van der Waals surface area contributed by atoms with Crippen LogP contribution in [0.3, 0.4) is 0 Å². The first-order valence-corrected chi connectivity index (χ1v) is 9.33. The third kappa shape index (κ3) is 6.25. The van der Waals surface area contributed by atoms with Crippen LogP contribution < -0.4 is 5.32 Å². The van der Waals surface area contributed by atoms with Crippen LogP contribution >= 0.6 is 0 Å². The van der Waals surface area contributed by atoms with Crippen LogP contribution in [0.2, 0.25) is 0 Å². The van der Waals surface area contributed by atoms with Gasteiger partial charge in [-0.15, -0.1) is 0 Å². The Morgan fingerprint density at radius 1 is 1.31 bits per heavy atom. The maximum atomic E-state index is 5.91. The lowest BCUT2D eigenvalue weighted by molar-refractivity contribution is 0.00989. The van der Waals surface area contributed by atoms with E-state index in [0.717, 1.165) is 51.5 Å². The minimum absolute atomic E-state index is 0.141. The molecule has 2 rings (SSSR count). The first kappa shape index (κ1) is 20.6. The van der Waals surface area contributed by atoms with Gasteiger partial charge in [0.25, 0.3) is 0 Å². The number of ether oxygens (including phenoxy) is 2. The molecular weight excluding hydrogens is 334 g/mol. The molecule has 0 unspecified atom stereocenters. The summed E-state index contributed by atoms with van der Waals surface area (Å²) in [7, 11) is 3.52. The zero-order chi connectivity index (χ0) is 19.0. The summed E-state index contributed by atoms with van der Waals surface area (Å²) < 4.78 is 16.3. The lowest BCUT2D eigenvalue weighted by atomic mass is 9.97. The summed E-state index contributed by atoms with van der Waals surface area (Å²) in [5.74, 6) is 2.16. The van der Waals surface area contributed by atoms with E-state index in [1.54, 1.807) is 14.2 Å². The minimum Gasteiger partial charge on any atom is -0.385 e. The van der Waals surface area contributed by atoms with Gasteiger partial charge in [0, 0.05) is 45.9 Å². The molecule has 0 aromatic carbocycles. The summed E-state index contributed by atoms with van der Waals surface area (Å²) in [5, 5.41) is 7.37. The summed E-state index contributed by atoms with van der Waals surface area (Å²) in [5.41, 5.74) is -0.141. The SMILES string of the molecule is CN=C(NCc1noc(C(C)(C)C)n1)N1CCC(OCCCOC)CC1. The van der Waals surface area contributed by atoms with E-state index in [4.69, 9.17) is 14.0 Å². The van der Waals surface area contributed by atoms with Crippen LogP contribution in [0, 0.1) is 0 Å². The van der Waals surface area contributed by atoms with E-state index in [0.29, 0.717) is 24.4 Å². The lowest BCUT2D eigenvalue weighted by Gasteiger charge is -2.34. The molecular formula is C18H33N5O3. The van der Waals surface area contributed by atoms with Crippen molar-refractivity contribution in [1.82, 2.24) is 20.4 Å². The molecule has 2 heterocycles. The Labute approximate surface area is 156 Å². The van der Waals surface area contributed by atoms with Crippen LogP contribution in [0.5, 0.6) is 0 Å². The van der Waals surface area contributed by atoms with Gasteiger partial charge in [0.05, 0.1) is 12.6 Å². The monoisotopic (exact) mass is 367 g/mol. The molecule has 1 aromatic heterocycles. The Bertz CT molecular complexity index is 559. The van der Waals surface area contributed by atoms with E-state index < -0.39 is 0 Å². The number of aliphatic imine (C=N–C) groups is 1. The minimum atomic E-state index is -0.141. The molecule has 8 nitrogen and oxygen atoms in total. The van der Waals surface area contributed by atoms with Crippen molar-refractivity contribution in [3.8, 4) is 0 Å². The molecule has 0 amide bonds. The van der Waals surface area contributed by atoms with Crippen molar-refractivity contribution in [2.75, 3.05) is 40.5 Å². The van der Waals surface area contributed by atoms with E-state index >= 15 is 0 Å². The molecule has 1 aromatic rings. The van der Waals surface area contributed by atoms with Gasteiger partial charge in [0.15, 0.2) is 11.8 Å². The van der Waals surface area contributed by atoms with Crippen molar-refractivity contribution < 1.29 is 14.0 Å². The van der Waals surface area contributed by atoms with Gasteiger partial charge in [0.2, 0.25) is 5.89 Å². The quantitative estimate of drug-likeness (QED) is 0.448. The molecule has 1 aliphatic heterocycles. The fourth-order valence-electron chi connectivity index (χ4n) is 2.81. The number of likely N-dealkylation sites (tertiary alicyclic amines) is 1. The van der Waals surface area contributed by atoms with Gasteiger partial charge in [0.1, 0.15) is 0 Å². The number of guanidine groups is 1. The lowest BCUT2D eigenvalue weighted by Crippen LogP contribution is -2.46. The number of nitrogens with one attached hydrogen (secondary N) is 1. The van der Waals surface area contributed by atoms with Gasteiger partial charge in [-0.3, -0.25) is 4.99 Å². The zero-order valence-corrected chi connectivity index (χ0v) is 16.7. The highest BCUT2D eigenvalue weighted by Crippen LogP contribution is 2.19. The van der Waals surface area contributed by atoms with Crippen molar-refractivity contribution >= 4 is 5.96 Å². The van der Waals surface area contributed by atoms with E-state index in [2.05, 4.69) is 46.1 Å². The van der Waals surface area contributed by atoms with Crippen LogP contribution in [0.25, 0.3) is 0 Å². The van der Waals surface area contributed by atoms with E-state index in [1.807, 2.05) is 0 Å². The molecule has 26 heavy (non-hydrogen) atoms. The molecule has 0 bridgehead atoms. The largest absolute Gasteiger partial charge is 0.385 e. The fourth-order valence-corrected chi connectivity index (χ4v) is 2.81. The maximum Gasteiger partial charge on any atom is 0.232 e. The van der Waals surface area contributed by atoms with Crippen molar-refractivity contribution in [1.29, 1.82) is 0 Å². The Morgan fingerprint density at radius 3 is 2.62 bits per heavy atom. The summed E-state index contributed by atoms with van der Waals surface area (Å²) in [6, 6.07) is 0. The Morgan fingerprint density at radius 2 is 2.04 bits per heavy atom. The van der Waals surface area contributed by atoms with Gasteiger partial charge in [-0.05, 0) is 19.3 Å². The van der Waals surface area contributed by atoms with Gasteiger partial charge < -0.3 is 24.2 Å². The molecule has 1 N–H and O–H groups in total. The number of aromatic nitrogens is 2. The summed E-state index contributed by atoms with van der Waals surface area (Å²) >= 11 is 0. The molecule has 1 aliphatic rings. The molecule has 1 fully saturated rings. The number of piperidine rings is 1. The third-order valence-corrected chi connectivity index (χ3v) is 4.31. The van der Waals surface area contributed by atoms with Gasteiger partial charge in [-0.1, -0.05) is 25.9 Å². The fraction of sp³-hybridized carbons (Fsp3) is 0.833. The van der Waals surface area contributed by atoms with Crippen LogP contribution in [0.15, 0.2) is 9.52 Å². The highest BCUT2D eigenvalue weighted by atomic mass is 16.5. The van der Waals surface area contributed by atoms with Crippen molar-refractivity contribution in [3.05, 3.63) is 11.7 Å². The summed E-state index contributed by atoms with van der Waals surface area (Å²) in [4.78, 5) is 11.1. The number of hydrogen-bond acceptors (Lipinski definition) is 6. The Kier molecular flexibility index (Phi) is 7.84. The van der Waals surface area contributed by atoms with Gasteiger partial charge in [-0.2, -0.15) is 4.98 Å². The van der Waals surface area contributed by atoms with Crippen molar-refractivity contribution in [2.45, 2.75) is 58.1 Å². The average Bonchev–Trinajstić information content (AvgIpc) is 3.10. The van der Waals surface area contributed by atoms with Crippen molar-refractivity contribution in [2.24, 2.45) is 4.99 Å². The topological polar surface area (TPSA) is 85.0 Å². The molecule has 1 saturated heterocycles. The molecule has 0 spiro atoms. The first-order chi connectivity index (χ1) is 12.4. The van der Waals surface area contributed by atoms with E-state index in [1.165, 1.54) is 0 Å². The standard InChI is InChI=1S/C18H33N5O3/c1-18(2,3)16-21-15(22-26-16)13-20-17(19-4)23-9-7-14(8-10-23)25-12-6-11-24-5/h14H,6-13H2,1-5H3,(H,19,20). The second kappa shape index (κ2) is 9.87. The summed E-state index contributed by atoms with van der Waals surface area (Å²) in [6.45, 7) is 10.0. The van der Waals surface area contributed by atoms with Crippen molar-refractivity contribution in [3.63, 3.8) is 0 Å². The number of rotatable bonds is 7. The van der Waals surface area contributed by atoms with Crippen LogP contribution in [-0.2, 0) is 21.4 Å². The average molecular weight is 367 g/mol. The predicted molar refractivity (Wildman–Crippen MR) is 100 cm³/mol. The van der Waals surface area contributed by atoms with Crippen LogP contribution in [0.4, 0.5) is 0 Å². The Balaban J connectivity index is 1.75. The predicted octanol–water partition coefficient (Wildman–Crippen LogP) is 1.96. The second-order valence-electron chi connectivity index (χ2n) is 7.57. The molecule has 0 radical (unpaired) electrons. The number of methoxy groups -OCH3 is 1. The highest BCUT2D eigenvalue weighted by molar-refractivity contribution is 5.79. The Hall–Kier alpha value is -1.67. The smallest absolute Gasteiger partial charge is 0.232 e. The van der Waals surface area contributed by atoms with E-state index in [9.17, 15) is 0 Å². The third-order valence-electron chi connectivity index (χ3n) is 4.31. The highest BCUT2D eigenvalue weighted by Gasteiger charge is 2.23. The van der Waals surface area contributed by atoms with E-state index in [-0.39, 0.29) is 5.41 Å². The molecule has 148 valence electrons. The molecule has 0 aliphatic carbocycles. The number of nitrogens with zero attached hydrogens (tertiary/aromatic N) is 4. The molecule has 0 saturated carbocycles. The zero-order valence-electron chi connectivity index (χ0n) is 16.7. The van der Waals surface area contributed by atoms with Crippen LogP contribution in [-0.4, -0.2) is 67.6 Å². The van der Waals surface area contributed by atoms with Crippen LogP contribution in [0.1, 0.15) is 51.7 Å². The second-order valence-corrected chi connectivity index (χ2v) is 7.57.